The highest BCUT2D eigenvalue weighted by molar-refractivity contribution is 5.85. The lowest BCUT2D eigenvalue weighted by Gasteiger charge is -2.25. The maximum Gasteiger partial charge on any atom is 0.241 e. The predicted molar refractivity (Wildman–Crippen MR) is 93.5 cm³/mol. The Bertz CT molecular complexity index is 571. The molecule has 0 radical (unpaired) electrons. The van der Waals surface area contributed by atoms with Gasteiger partial charge in [0.25, 0.3) is 0 Å². The third-order valence-electron chi connectivity index (χ3n) is 3.46. The third-order valence-corrected chi connectivity index (χ3v) is 3.46. The van der Waals surface area contributed by atoms with Gasteiger partial charge in [0.05, 0.1) is 13.2 Å². The molecule has 0 spiro atoms. The van der Waals surface area contributed by atoms with E-state index in [2.05, 4.69) is 20.4 Å². The summed E-state index contributed by atoms with van der Waals surface area (Å²) < 4.78 is 10.8. The summed E-state index contributed by atoms with van der Waals surface area (Å²) in [7, 11) is 0. The maximum absolute atomic E-state index is 5.43. The van der Waals surface area contributed by atoms with E-state index < -0.39 is 0 Å². The van der Waals surface area contributed by atoms with Gasteiger partial charge >= 0.3 is 0 Å². The lowest BCUT2D eigenvalue weighted by atomic mass is 10.2. The van der Waals surface area contributed by atoms with Crippen LogP contribution in [-0.4, -0.2) is 47.8 Å². The highest BCUT2D eigenvalue weighted by atomic mass is 35.5. The average Bonchev–Trinajstić information content (AvgIpc) is 2.98. The van der Waals surface area contributed by atoms with Crippen LogP contribution in [0.1, 0.15) is 12.8 Å². The predicted octanol–water partition coefficient (Wildman–Crippen LogP) is 2.38. The minimum atomic E-state index is 0. The van der Waals surface area contributed by atoms with Crippen molar-refractivity contribution < 1.29 is 9.26 Å². The van der Waals surface area contributed by atoms with Crippen LogP contribution >= 0.6 is 24.8 Å². The van der Waals surface area contributed by atoms with Crippen LogP contribution in [0.4, 0.5) is 0 Å². The molecule has 1 saturated heterocycles. The van der Waals surface area contributed by atoms with E-state index in [1.807, 2.05) is 31.2 Å². The zero-order chi connectivity index (χ0) is 14.5. The minimum Gasteiger partial charge on any atom is -0.494 e. The Morgan fingerprint density at radius 1 is 1.17 bits per heavy atom. The summed E-state index contributed by atoms with van der Waals surface area (Å²) in [5.41, 5.74) is 0.939. The summed E-state index contributed by atoms with van der Waals surface area (Å²) in [6.45, 7) is 7.40. The number of aromatic nitrogens is 2. The highest BCUT2D eigenvalue weighted by Crippen LogP contribution is 2.20. The molecule has 6 nitrogen and oxygen atoms in total. The summed E-state index contributed by atoms with van der Waals surface area (Å²) in [5, 5.41) is 7.39. The summed E-state index contributed by atoms with van der Waals surface area (Å²) in [6, 6.07) is 7.74. The Morgan fingerprint density at radius 2 is 1.87 bits per heavy atom. The van der Waals surface area contributed by atoms with Crippen molar-refractivity contribution in [3.05, 3.63) is 30.2 Å². The van der Waals surface area contributed by atoms with E-state index >= 15 is 0 Å². The van der Waals surface area contributed by atoms with E-state index in [4.69, 9.17) is 9.26 Å². The molecule has 1 fully saturated rings. The van der Waals surface area contributed by atoms with Gasteiger partial charge in [-0.3, -0.25) is 4.90 Å². The molecule has 0 atom stereocenters. The molecule has 128 valence electrons. The highest BCUT2D eigenvalue weighted by Gasteiger charge is 2.15. The zero-order valence-corrected chi connectivity index (χ0v) is 14.7. The van der Waals surface area contributed by atoms with Gasteiger partial charge in [0, 0.05) is 31.7 Å². The molecule has 1 aliphatic rings. The molecule has 1 aromatic carbocycles. The molecule has 1 N–H and O–H groups in total. The number of hydrogen-bond acceptors (Lipinski definition) is 6. The van der Waals surface area contributed by atoms with Crippen molar-refractivity contribution in [3.8, 4) is 17.1 Å². The van der Waals surface area contributed by atoms with E-state index in [1.165, 1.54) is 0 Å². The second kappa shape index (κ2) is 9.72. The molecule has 1 aliphatic heterocycles. The largest absolute Gasteiger partial charge is 0.494 e. The van der Waals surface area contributed by atoms with Crippen molar-refractivity contribution in [2.45, 2.75) is 13.5 Å². The van der Waals surface area contributed by atoms with Crippen molar-refractivity contribution in [1.82, 2.24) is 20.4 Å². The number of nitrogens with zero attached hydrogens (tertiary/aromatic N) is 3. The van der Waals surface area contributed by atoms with Gasteiger partial charge in [-0.15, -0.1) is 24.8 Å². The zero-order valence-electron chi connectivity index (χ0n) is 13.0. The molecule has 2 aromatic rings. The second-order valence-electron chi connectivity index (χ2n) is 5.00. The molecule has 3 rings (SSSR count). The summed E-state index contributed by atoms with van der Waals surface area (Å²) >= 11 is 0. The molecule has 23 heavy (non-hydrogen) atoms. The molecule has 1 aromatic heterocycles. The number of rotatable bonds is 5. The number of piperazine rings is 1. The van der Waals surface area contributed by atoms with Crippen LogP contribution in [0, 0.1) is 0 Å². The quantitative estimate of drug-likeness (QED) is 0.882. The molecule has 0 bridgehead atoms. The van der Waals surface area contributed by atoms with Crippen LogP contribution in [0.5, 0.6) is 5.75 Å². The molecule has 0 saturated carbocycles. The first-order chi connectivity index (χ1) is 10.3. The normalized spacial score (nSPS) is 14.7. The molecular weight excluding hydrogens is 339 g/mol. The van der Waals surface area contributed by atoms with E-state index in [0.29, 0.717) is 24.9 Å². The molecular formula is C15H22Cl2N4O2. The number of ether oxygens (including phenoxy) is 1. The van der Waals surface area contributed by atoms with Gasteiger partial charge in [0.2, 0.25) is 11.7 Å². The Balaban J connectivity index is 0.00000132. The van der Waals surface area contributed by atoms with Crippen molar-refractivity contribution in [1.29, 1.82) is 0 Å². The van der Waals surface area contributed by atoms with Crippen LogP contribution in [-0.2, 0) is 6.54 Å². The lowest BCUT2D eigenvalue weighted by molar-refractivity contribution is 0.203. The Kier molecular flexibility index (Phi) is 8.33. The Hall–Kier alpha value is -1.34. The number of benzene rings is 1. The number of nitrogens with one attached hydrogen (secondary N) is 1. The lowest BCUT2D eigenvalue weighted by Crippen LogP contribution is -2.42. The van der Waals surface area contributed by atoms with Gasteiger partial charge in [0.15, 0.2) is 0 Å². The van der Waals surface area contributed by atoms with E-state index in [-0.39, 0.29) is 24.8 Å². The smallest absolute Gasteiger partial charge is 0.241 e. The first-order valence-corrected chi connectivity index (χ1v) is 7.34. The first-order valence-electron chi connectivity index (χ1n) is 7.34. The third kappa shape index (κ3) is 5.35. The number of halogens is 2. The second-order valence-corrected chi connectivity index (χ2v) is 5.00. The fourth-order valence-electron chi connectivity index (χ4n) is 2.36. The van der Waals surface area contributed by atoms with Gasteiger partial charge in [-0.1, -0.05) is 5.16 Å². The molecule has 0 aliphatic carbocycles. The summed E-state index contributed by atoms with van der Waals surface area (Å²) in [5.74, 6) is 2.15. The summed E-state index contributed by atoms with van der Waals surface area (Å²) in [4.78, 5) is 6.78. The van der Waals surface area contributed by atoms with Gasteiger partial charge < -0.3 is 14.6 Å². The van der Waals surface area contributed by atoms with Crippen molar-refractivity contribution in [2.75, 3.05) is 32.8 Å². The Morgan fingerprint density at radius 3 is 2.52 bits per heavy atom. The fraction of sp³-hybridized carbons (Fsp3) is 0.467. The van der Waals surface area contributed by atoms with Crippen LogP contribution in [0.2, 0.25) is 0 Å². The molecule has 0 unspecified atom stereocenters. The molecule has 0 amide bonds. The minimum absolute atomic E-state index is 0. The summed E-state index contributed by atoms with van der Waals surface area (Å²) in [6.07, 6.45) is 0. The monoisotopic (exact) mass is 360 g/mol. The van der Waals surface area contributed by atoms with Crippen molar-refractivity contribution in [2.24, 2.45) is 0 Å². The van der Waals surface area contributed by atoms with Crippen LogP contribution in [0.3, 0.4) is 0 Å². The van der Waals surface area contributed by atoms with Crippen molar-refractivity contribution in [3.63, 3.8) is 0 Å². The van der Waals surface area contributed by atoms with Gasteiger partial charge in [-0.25, -0.2) is 0 Å². The van der Waals surface area contributed by atoms with E-state index in [0.717, 1.165) is 37.5 Å². The first kappa shape index (κ1) is 19.7. The van der Waals surface area contributed by atoms with Gasteiger partial charge in [-0.2, -0.15) is 4.98 Å². The fourth-order valence-corrected chi connectivity index (χ4v) is 2.36. The number of hydrogen-bond donors (Lipinski definition) is 1. The SMILES string of the molecule is CCOc1ccc(-c2noc(CN3CCNCC3)n2)cc1.Cl.Cl. The van der Waals surface area contributed by atoms with Gasteiger partial charge in [0.1, 0.15) is 5.75 Å². The van der Waals surface area contributed by atoms with Crippen LogP contribution in [0.25, 0.3) is 11.4 Å². The standard InChI is InChI=1S/C15H20N4O2.2ClH/c1-2-20-13-5-3-12(4-6-13)15-17-14(21-18-15)11-19-9-7-16-8-10-19;;/h3-6,16H,2,7-11H2,1H3;2*1H. The molecule has 8 heteroatoms. The van der Waals surface area contributed by atoms with Crippen LogP contribution < -0.4 is 10.1 Å². The molecule has 2 heterocycles. The van der Waals surface area contributed by atoms with Crippen molar-refractivity contribution >= 4 is 24.8 Å². The van der Waals surface area contributed by atoms with E-state index in [9.17, 15) is 0 Å². The van der Waals surface area contributed by atoms with Crippen LogP contribution in [0.15, 0.2) is 28.8 Å². The van der Waals surface area contributed by atoms with Gasteiger partial charge in [-0.05, 0) is 31.2 Å². The maximum atomic E-state index is 5.43. The topological polar surface area (TPSA) is 63.4 Å². The van der Waals surface area contributed by atoms with E-state index in [1.54, 1.807) is 0 Å². The average molecular weight is 361 g/mol. The Labute approximate surface area is 148 Å².